The third kappa shape index (κ3) is 3.05. The van der Waals surface area contributed by atoms with Crippen LogP contribution in [-0.2, 0) is 9.59 Å². The first-order valence-electron chi connectivity index (χ1n) is 5.62. The van der Waals surface area contributed by atoms with Gasteiger partial charge in [0, 0.05) is 20.0 Å². The van der Waals surface area contributed by atoms with Crippen molar-refractivity contribution in [1.29, 1.82) is 0 Å². The Morgan fingerprint density at radius 2 is 1.60 bits per heavy atom. The molecule has 3 heteroatoms. The fourth-order valence-corrected chi connectivity index (χ4v) is 2.17. The van der Waals surface area contributed by atoms with Crippen molar-refractivity contribution in [2.24, 2.45) is 11.3 Å². The molecule has 0 spiro atoms. The topological polar surface area (TPSA) is 37.4 Å². The monoisotopic (exact) mass is 211 g/mol. The summed E-state index contributed by atoms with van der Waals surface area (Å²) in [4.78, 5) is 24.0. The molecule has 0 aliphatic carbocycles. The Morgan fingerprint density at radius 3 is 1.93 bits per heavy atom. The Kier molecular flexibility index (Phi) is 3.53. The van der Waals surface area contributed by atoms with E-state index in [9.17, 15) is 9.59 Å². The zero-order valence-electron chi connectivity index (χ0n) is 10.2. The van der Waals surface area contributed by atoms with E-state index >= 15 is 0 Å². The summed E-state index contributed by atoms with van der Waals surface area (Å²) in [6.07, 6.45) is 2.03. The van der Waals surface area contributed by atoms with Crippen LogP contribution in [0.25, 0.3) is 0 Å². The predicted molar refractivity (Wildman–Crippen MR) is 59.4 cm³/mol. The van der Waals surface area contributed by atoms with E-state index in [-0.39, 0.29) is 11.7 Å². The van der Waals surface area contributed by atoms with Gasteiger partial charge in [-0.15, -0.1) is 0 Å². The van der Waals surface area contributed by atoms with Crippen LogP contribution in [0.5, 0.6) is 0 Å². The van der Waals surface area contributed by atoms with Crippen LogP contribution in [-0.4, -0.2) is 29.7 Å². The number of amides is 1. The number of nitrogens with zero attached hydrogens (tertiary/aromatic N) is 1. The number of hydrogen-bond donors (Lipinski definition) is 0. The van der Waals surface area contributed by atoms with Crippen LogP contribution < -0.4 is 0 Å². The van der Waals surface area contributed by atoms with Gasteiger partial charge in [-0.3, -0.25) is 9.59 Å². The summed E-state index contributed by atoms with van der Waals surface area (Å²) in [7, 11) is 0. The number of ketones is 1. The number of hydrogen-bond acceptors (Lipinski definition) is 2. The summed E-state index contributed by atoms with van der Waals surface area (Å²) in [5.41, 5.74) is 0.311. The summed E-state index contributed by atoms with van der Waals surface area (Å²) in [6.45, 7) is 9.53. The van der Waals surface area contributed by atoms with E-state index in [1.807, 2.05) is 0 Å². The molecule has 0 aromatic heterocycles. The minimum absolute atomic E-state index is 0.311. The molecule has 1 saturated heterocycles. The standard InChI is InChI=1S/C12H21NO2/c1-9(14)11(15)13-7-5-10(6-8-13)12(2,3)4/h10H,5-8H2,1-4H3. The minimum atomic E-state index is -0.343. The summed E-state index contributed by atoms with van der Waals surface area (Å²) >= 11 is 0. The number of Topliss-reactive ketones (excluding diaryl/α,β-unsaturated/α-hetero) is 1. The highest BCUT2D eigenvalue weighted by Crippen LogP contribution is 2.34. The highest BCUT2D eigenvalue weighted by Gasteiger charge is 2.31. The quantitative estimate of drug-likeness (QED) is 0.621. The minimum Gasteiger partial charge on any atom is -0.336 e. The van der Waals surface area contributed by atoms with Gasteiger partial charge < -0.3 is 4.90 Å². The number of rotatable bonds is 1. The molecule has 1 fully saturated rings. The first-order chi connectivity index (χ1) is 6.82. The molecule has 86 valence electrons. The molecule has 1 amide bonds. The summed E-state index contributed by atoms with van der Waals surface area (Å²) in [5.74, 6) is 0.0000704. The zero-order valence-corrected chi connectivity index (χ0v) is 10.2. The number of carbonyl (C=O) groups is 2. The molecule has 0 aromatic rings. The smallest absolute Gasteiger partial charge is 0.289 e. The molecular formula is C12H21NO2. The molecule has 15 heavy (non-hydrogen) atoms. The Bertz CT molecular complexity index is 257. The van der Waals surface area contributed by atoms with Gasteiger partial charge in [-0.1, -0.05) is 20.8 Å². The van der Waals surface area contributed by atoms with Gasteiger partial charge in [-0.2, -0.15) is 0 Å². The van der Waals surface area contributed by atoms with Gasteiger partial charge in [0.05, 0.1) is 0 Å². The molecule has 0 bridgehead atoms. The normalized spacial score (nSPS) is 19.1. The number of carbonyl (C=O) groups excluding carboxylic acids is 2. The van der Waals surface area contributed by atoms with Crippen LogP contribution in [0.2, 0.25) is 0 Å². The Balaban J connectivity index is 2.50. The van der Waals surface area contributed by atoms with Crippen molar-refractivity contribution in [2.45, 2.75) is 40.5 Å². The van der Waals surface area contributed by atoms with Crippen LogP contribution in [0.1, 0.15) is 40.5 Å². The molecule has 0 aromatic carbocycles. The van der Waals surface area contributed by atoms with Gasteiger partial charge in [-0.05, 0) is 24.2 Å². The largest absolute Gasteiger partial charge is 0.336 e. The summed E-state index contributed by atoms with van der Waals surface area (Å²) in [6, 6.07) is 0. The summed E-state index contributed by atoms with van der Waals surface area (Å²) in [5, 5.41) is 0. The van der Waals surface area contributed by atoms with Crippen LogP contribution in [0.3, 0.4) is 0 Å². The lowest BCUT2D eigenvalue weighted by Gasteiger charge is -2.38. The third-order valence-electron chi connectivity index (χ3n) is 3.31. The molecular weight excluding hydrogens is 190 g/mol. The number of likely N-dealkylation sites (tertiary alicyclic amines) is 1. The zero-order chi connectivity index (χ0) is 11.6. The summed E-state index contributed by atoms with van der Waals surface area (Å²) < 4.78 is 0. The second-order valence-electron chi connectivity index (χ2n) is 5.49. The van der Waals surface area contributed by atoms with E-state index < -0.39 is 0 Å². The van der Waals surface area contributed by atoms with Gasteiger partial charge in [0.1, 0.15) is 0 Å². The highest BCUT2D eigenvalue weighted by atomic mass is 16.2. The Hall–Kier alpha value is -0.860. The van der Waals surface area contributed by atoms with Crippen molar-refractivity contribution < 1.29 is 9.59 Å². The first kappa shape index (κ1) is 12.2. The molecule has 0 atom stereocenters. The molecule has 0 saturated carbocycles. The van der Waals surface area contributed by atoms with Crippen LogP contribution in [0, 0.1) is 11.3 Å². The van der Waals surface area contributed by atoms with E-state index in [1.54, 1.807) is 4.90 Å². The maximum atomic E-state index is 11.4. The fourth-order valence-electron chi connectivity index (χ4n) is 2.17. The van der Waals surface area contributed by atoms with Gasteiger partial charge in [0.25, 0.3) is 5.91 Å². The van der Waals surface area contributed by atoms with E-state index in [0.29, 0.717) is 11.3 Å². The predicted octanol–water partition coefficient (Wildman–Crippen LogP) is 1.86. The molecule has 1 rings (SSSR count). The molecule has 1 heterocycles. The van der Waals surface area contributed by atoms with Crippen LogP contribution in [0.4, 0.5) is 0 Å². The maximum absolute atomic E-state index is 11.4. The third-order valence-corrected chi connectivity index (χ3v) is 3.31. The molecule has 0 N–H and O–H groups in total. The Labute approximate surface area is 91.8 Å². The van der Waals surface area contributed by atoms with Gasteiger partial charge in [0.15, 0.2) is 0 Å². The van der Waals surface area contributed by atoms with Crippen molar-refractivity contribution >= 4 is 11.7 Å². The van der Waals surface area contributed by atoms with Crippen LogP contribution in [0.15, 0.2) is 0 Å². The molecule has 1 aliphatic rings. The van der Waals surface area contributed by atoms with E-state index in [4.69, 9.17) is 0 Å². The lowest BCUT2D eigenvalue weighted by Crippen LogP contribution is -2.43. The van der Waals surface area contributed by atoms with Gasteiger partial charge in [0.2, 0.25) is 5.78 Å². The SMILES string of the molecule is CC(=O)C(=O)N1CCC(C(C)(C)C)CC1. The van der Waals surface area contributed by atoms with Crippen molar-refractivity contribution in [1.82, 2.24) is 4.90 Å². The molecule has 0 radical (unpaired) electrons. The maximum Gasteiger partial charge on any atom is 0.289 e. The highest BCUT2D eigenvalue weighted by molar-refractivity contribution is 6.35. The fraction of sp³-hybridized carbons (Fsp3) is 0.833. The van der Waals surface area contributed by atoms with Crippen molar-refractivity contribution in [3.8, 4) is 0 Å². The molecule has 1 aliphatic heterocycles. The molecule has 0 unspecified atom stereocenters. The van der Waals surface area contributed by atoms with E-state index in [0.717, 1.165) is 25.9 Å². The average Bonchev–Trinajstić information content (AvgIpc) is 2.15. The second-order valence-corrected chi connectivity index (χ2v) is 5.49. The number of piperidine rings is 1. The van der Waals surface area contributed by atoms with Gasteiger partial charge >= 0.3 is 0 Å². The van der Waals surface area contributed by atoms with Crippen molar-refractivity contribution in [3.05, 3.63) is 0 Å². The first-order valence-corrected chi connectivity index (χ1v) is 5.62. The van der Waals surface area contributed by atoms with Gasteiger partial charge in [-0.25, -0.2) is 0 Å². The lowest BCUT2D eigenvalue weighted by molar-refractivity contribution is -0.144. The lowest BCUT2D eigenvalue weighted by atomic mass is 9.75. The second kappa shape index (κ2) is 4.33. The van der Waals surface area contributed by atoms with Crippen molar-refractivity contribution in [3.63, 3.8) is 0 Å². The average molecular weight is 211 g/mol. The van der Waals surface area contributed by atoms with E-state index in [1.165, 1.54) is 6.92 Å². The molecule has 3 nitrogen and oxygen atoms in total. The Morgan fingerprint density at radius 1 is 1.13 bits per heavy atom. The van der Waals surface area contributed by atoms with Crippen molar-refractivity contribution in [2.75, 3.05) is 13.1 Å². The van der Waals surface area contributed by atoms with E-state index in [2.05, 4.69) is 20.8 Å². The van der Waals surface area contributed by atoms with Crippen LogP contribution >= 0.6 is 0 Å².